The number of nitrogens with two attached hydrogens (primary N) is 1. The van der Waals surface area contributed by atoms with Gasteiger partial charge in [-0.15, -0.1) is 0 Å². The molecule has 0 radical (unpaired) electrons. The summed E-state index contributed by atoms with van der Waals surface area (Å²) in [4.78, 5) is 6.14. The standard InChI is InChI=1S/C8H12N4O2/c9-7(11-13)6-5-14-8(10-6)12-3-1-2-4-12/h5,13H,1-4H2,(H2,9,11). The van der Waals surface area contributed by atoms with Crippen molar-refractivity contribution in [2.24, 2.45) is 10.9 Å². The Hall–Kier alpha value is -1.72. The molecule has 14 heavy (non-hydrogen) atoms. The summed E-state index contributed by atoms with van der Waals surface area (Å²) in [5.74, 6) is -0.0285. The number of oxazole rings is 1. The average molecular weight is 196 g/mol. The molecule has 6 heteroatoms. The number of rotatable bonds is 2. The van der Waals surface area contributed by atoms with Crippen LogP contribution in [-0.2, 0) is 0 Å². The zero-order valence-electron chi connectivity index (χ0n) is 7.68. The first-order valence-corrected chi connectivity index (χ1v) is 4.49. The van der Waals surface area contributed by atoms with E-state index in [0.717, 1.165) is 25.9 Å². The first-order chi connectivity index (χ1) is 6.81. The van der Waals surface area contributed by atoms with Gasteiger partial charge in [0.1, 0.15) is 12.0 Å². The summed E-state index contributed by atoms with van der Waals surface area (Å²) in [5, 5.41) is 11.3. The van der Waals surface area contributed by atoms with Crippen LogP contribution in [0.2, 0.25) is 0 Å². The molecule has 76 valence electrons. The maximum atomic E-state index is 8.43. The van der Waals surface area contributed by atoms with E-state index in [1.54, 1.807) is 0 Å². The van der Waals surface area contributed by atoms with Crippen molar-refractivity contribution in [1.82, 2.24) is 4.98 Å². The van der Waals surface area contributed by atoms with E-state index in [1.165, 1.54) is 6.26 Å². The molecule has 0 bridgehead atoms. The van der Waals surface area contributed by atoms with Crippen LogP contribution in [0.4, 0.5) is 6.01 Å². The van der Waals surface area contributed by atoms with Crippen molar-refractivity contribution in [2.75, 3.05) is 18.0 Å². The van der Waals surface area contributed by atoms with E-state index in [-0.39, 0.29) is 5.84 Å². The monoisotopic (exact) mass is 196 g/mol. The van der Waals surface area contributed by atoms with Crippen LogP contribution in [0.5, 0.6) is 0 Å². The molecule has 2 heterocycles. The molecule has 1 saturated heterocycles. The lowest BCUT2D eigenvalue weighted by Gasteiger charge is -2.10. The van der Waals surface area contributed by atoms with E-state index < -0.39 is 0 Å². The maximum Gasteiger partial charge on any atom is 0.297 e. The Morgan fingerprint density at radius 3 is 2.93 bits per heavy atom. The summed E-state index contributed by atoms with van der Waals surface area (Å²) in [7, 11) is 0. The van der Waals surface area contributed by atoms with E-state index >= 15 is 0 Å². The Labute approximate surface area is 81.0 Å². The molecule has 0 atom stereocenters. The molecular formula is C8H12N4O2. The van der Waals surface area contributed by atoms with Crippen LogP contribution in [0.25, 0.3) is 0 Å². The predicted octanol–water partition coefficient (Wildman–Crippen LogP) is 0.369. The first kappa shape index (κ1) is 8.86. The van der Waals surface area contributed by atoms with Gasteiger partial charge in [-0.2, -0.15) is 4.98 Å². The Kier molecular flexibility index (Phi) is 2.26. The van der Waals surface area contributed by atoms with Crippen molar-refractivity contribution in [1.29, 1.82) is 0 Å². The fourth-order valence-electron chi connectivity index (χ4n) is 1.49. The lowest BCUT2D eigenvalue weighted by Crippen LogP contribution is -2.19. The Morgan fingerprint density at radius 2 is 2.29 bits per heavy atom. The molecule has 1 aromatic heterocycles. The predicted molar refractivity (Wildman–Crippen MR) is 50.5 cm³/mol. The zero-order valence-corrected chi connectivity index (χ0v) is 7.68. The van der Waals surface area contributed by atoms with Crippen molar-refractivity contribution in [3.63, 3.8) is 0 Å². The second-order valence-electron chi connectivity index (χ2n) is 3.19. The topological polar surface area (TPSA) is 87.9 Å². The van der Waals surface area contributed by atoms with Gasteiger partial charge in [0.05, 0.1) is 0 Å². The molecule has 6 nitrogen and oxygen atoms in total. The smallest absolute Gasteiger partial charge is 0.297 e. The summed E-state index contributed by atoms with van der Waals surface area (Å²) in [6.45, 7) is 1.91. The molecule has 0 unspecified atom stereocenters. The number of nitrogens with zero attached hydrogens (tertiary/aromatic N) is 3. The molecule has 1 fully saturated rings. The van der Waals surface area contributed by atoms with E-state index in [9.17, 15) is 0 Å². The molecule has 1 aliphatic heterocycles. The third kappa shape index (κ3) is 1.50. The maximum absolute atomic E-state index is 8.43. The average Bonchev–Trinajstić information content (AvgIpc) is 2.86. The van der Waals surface area contributed by atoms with Crippen molar-refractivity contribution in [3.8, 4) is 0 Å². The van der Waals surface area contributed by atoms with Gasteiger partial charge in [-0.25, -0.2) is 0 Å². The van der Waals surface area contributed by atoms with Crippen molar-refractivity contribution >= 4 is 11.9 Å². The Bertz CT molecular complexity index is 341. The third-order valence-corrected chi connectivity index (χ3v) is 2.24. The van der Waals surface area contributed by atoms with Crippen LogP contribution < -0.4 is 10.6 Å². The second-order valence-corrected chi connectivity index (χ2v) is 3.19. The number of hydrogen-bond acceptors (Lipinski definition) is 5. The van der Waals surface area contributed by atoms with Crippen LogP contribution in [0.15, 0.2) is 15.8 Å². The number of amidine groups is 1. The summed E-state index contributed by atoms with van der Waals surface area (Å²) in [5.41, 5.74) is 5.74. The van der Waals surface area contributed by atoms with E-state index in [4.69, 9.17) is 15.4 Å². The van der Waals surface area contributed by atoms with Gasteiger partial charge in [0.2, 0.25) is 0 Å². The molecular weight excluding hydrogens is 184 g/mol. The highest BCUT2D eigenvalue weighted by Gasteiger charge is 2.18. The minimum Gasteiger partial charge on any atom is -0.431 e. The Morgan fingerprint density at radius 1 is 1.57 bits per heavy atom. The highest BCUT2D eigenvalue weighted by Crippen LogP contribution is 2.18. The van der Waals surface area contributed by atoms with E-state index in [0.29, 0.717) is 11.7 Å². The molecule has 0 amide bonds. The van der Waals surface area contributed by atoms with Crippen LogP contribution in [0, 0.1) is 0 Å². The van der Waals surface area contributed by atoms with Crippen LogP contribution in [0.3, 0.4) is 0 Å². The minimum absolute atomic E-state index is 0.0285. The van der Waals surface area contributed by atoms with Gasteiger partial charge in [0.25, 0.3) is 6.01 Å². The third-order valence-electron chi connectivity index (χ3n) is 2.24. The van der Waals surface area contributed by atoms with E-state index in [1.807, 2.05) is 4.90 Å². The lowest BCUT2D eigenvalue weighted by molar-refractivity contribution is 0.318. The van der Waals surface area contributed by atoms with Crippen molar-refractivity contribution in [2.45, 2.75) is 12.8 Å². The normalized spacial score (nSPS) is 17.7. The highest BCUT2D eigenvalue weighted by molar-refractivity contribution is 5.95. The first-order valence-electron chi connectivity index (χ1n) is 4.49. The molecule has 0 aliphatic carbocycles. The van der Waals surface area contributed by atoms with Gasteiger partial charge in [-0.05, 0) is 12.8 Å². The molecule has 3 N–H and O–H groups in total. The van der Waals surface area contributed by atoms with Crippen LogP contribution in [0.1, 0.15) is 18.5 Å². The Balaban J connectivity index is 2.16. The summed E-state index contributed by atoms with van der Waals surface area (Å²) in [6, 6.07) is 0.545. The molecule has 0 aromatic carbocycles. The largest absolute Gasteiger partial charge is 0.431 e. The molecule has 0 saturated carbocycles. The van der Waals surface area contributed by atoms with Gasteiger partial charge in [-0.3, -0.25) is 0 Å². The number of aromatic nitrogens is 1. The summed E-state index contributed by atoms with van der Waals surface area (Å²) >= 11 is 0. The van der Waals surface area contributed by atoms with Crippen LogP contribution in [-0.4, -0.2) is 29.1 Å². The number of hydrogen-bond donors (Lipinski definition) is 2. The quantitative estimate of drug-likeness (QED) is 0.309. The number of anilines is 1. The zero-order chi connectivity index (χ0) is 9.97. The minimum atomic E-state index is -0.0285. The fraction of sp³-hybridized carbons (Fsp3) is 0.500. The van der Waals surface area contributed by atoms with Crippen molar-refractivity contribution in [3.05, 3.63) is 12.0 Å². The molecule has 2 rings (SSSR count). The van der Waals surface area contributed by atoms with Gasteiger partial charge >= 0.3 is 0 Å². The van der Waals surface area contributed by atoms with E-state index in [2.05, 4.69) is 10.1 Å². The van der Waals surface area contributed by atoms with Gasteiger partial charge < -0.3 is 20.3 Å². The summed E-state index contributed by atoms with van der Waals surface area (Å²) in [6.07, 6.45) is 3.70. The second kappa shape index (κ2) is 3.57. The molecule has 1 aromatic rings. The van der Waals surface area contributed by atoms with Crippen LogP contribution >= 0.6 is 0 Å². The lowest BCUT2D eigenvalue weighted by atomic mass is 10.4. The summed E-state index contributed by atoms with van der Waals surface area (Å²) < 4.78 is 5.21. The molecule has 1 aliphatic rings. The fourth-order valence-corrected chi connectivity index (χ4v) is 1.49. The van der Waals surface area contributed by atoms with Gasteiger partial charge in [0, 0.05) is 13.1 Å². The molecule has 0 spiro atoms. The highest BCUT2D eigenvalue weighted by atomic mass is 16.4. The van der Waals surface area contributed by atoms with Gasteiger partial charge in [0.15, 0.2) is 5.84 Å². The SMILES string of the molecule is N/C(=N/O)c1coc(N2CCCC2)n1. The van der Waals surface area contributed by atoms with Gasteiger partial charge in [-0.1, -0.05) is 5.16 Å². The van der Waals surface area contributed by atoms with Crippen molar-refractivity contribution < 1.29 is 9.62 Å². The number of oxime groups is 1.